The van der Waals surface area contributed by atoms with Gasteiger partial charge in [0.25, 0.3) is 11.8 Å². The minimum atomic E-state index is -0.500. The van der Waals surface area contributed by atoms with Crippen molar-refractivity contribution in [3.8, 4) is 0 Å². The molecule has 166 valence electrons. The topological polar surface area (TPSA) is 116 Å². The number of fused-ring (bicyclic) bond motifs is 4. The standard InChI is InChI=1S/C25H23N5O3/c26-24(31)18-13-20(15-2-1-14-5-6-27-19(14)11-15)28-22-17-4-3-16(12-21(17)29-23(18)22)25(32)30-7-9-33-10-8-30/h1-6,11-13,20,27-29H,7-10H2,(H2,26,31). The van der Waals surface area contributed by atoms with Crippen LogP contribution in [-0.4, -0.2) is 53.0 Å². The number of nitrogens with two attached hydrogens (primary N) is 1. The smallest absolute Gasteiger partial charge is 0.254 e. The zero-order valence-corrected chi connectivity index (χ0v) is 17.9. The van der Waals surface area contributed by atoms with Crippen LogP contribution in [0.2, 0.25) is 0 Å². The third-order valence-electron chi connectivity index (χ3n) is 6.45. The molecule has 2 aliphatic heterocycles. The Balaban J connectivity index is 1.40. The molecule has 33 heavy (non-hydrogen) atoms. The van der Waals surface area contributed by atoms with E-state index in [1.165, 1.54) is 0 Å². The van der Waals surface area contributed by atoms with Gasteiger partial charge in [0.15, 0.2) is 0 Å². The Morgan fingerprint density at radius 2 is 1.88 bits per heavy atom. The minimum Gasteiger partial charge on any atom is -0.378 e. The normalized spacial score (nSPS) is 18.1. The van der Waals surface area contributed by atoms with Crippen molar-refractivity contribution in [2.45, 2.75) is 6.04 Å². The number of hydrogen-bond acceptors (Lipinski definition) is 4. The molecule has 4 heterocycles. The van der Waals surface area contributed by atoms with Crippen molar-refractivity contribution in [3.05, 3.63) is 71.6 Å². The molecule has 8 heteroatoms. The number of nitrogens with zero attached hydrogens (tertiary/aromatic N) is 1. The number of morpholine rings is 1. The van der Waals surface area contributed by atoms with Gasteiger partial charge in [-0.1, -0.05) is 12.1 Å². The van der Waals surface area contributed by atoms with Gasteiger partial charge in [0.2, 0.25) is 0 Å². The predicted molar refractivity (Wildman–Crippen MR) is 127 cm³/mol. The van der Waals surface area contributed by atoms with Crippen molar-refractivity contribution in [2.24, 2.45) is 5.73 Å². The summed E-state index contributed by atoms with van der Waals surface area (Å²) >= 11 is 0. The summed E-state index contributed by atoms with van der Waals surface area (Å²) in [6.07, 6.45) is 3.75. The fourth-order valence-electron chi connectivity index (χ4n) is 4.72. The van der Waals surface area contributed by atoms with Gasteiger partial charge in [-0.05, 0) is 47.4 Å². The number of H-pyrrole nitrogens is 2. The maximum absolute atomic E-state index is 12.9. The Kier molecular flexibility index (Phi) is 4.48. The number of carbonyl (C=O) groups is 2. The number of anilines is 1. The minimum absolute atomic E-state index is 0.0245. The highest BCUT2D eigenvalue weighted by atomic mass is 16.5. The first-order valence-electron chi connectivity index (χ1n) is 11.0. The summed E-state index contributed by atoms with van der Waals surface area (Å²) < 4.78 is 5.35. The second-order valence-electron chi connectivity index (χ2n) is 8.43. The van der Waals surface area contributed by atoms with E-state index in [1.807, 2.05) is 42.6 Å². The Hall–Kier alpha value is -4.04. The highest BCUT2D eigenvalue weighted by Crippen LogP contribution is 2.40. The van der Waals surface area contributed by atoms with Gasteiger partial charge in [0.1, 0.15) is 0 Å². The fourth-order valence-corrected chi connectivity index (χ4v) is 4.72. The van der Waals surface area contributed by atoms with E-state index in [0.717, 1.165) is 33.1 Å². The van der Waals surface area contributed by atoms with Crippen LogP contribution in [0, 0.1) is 0 Å². The molecule has 5 N–H and O–H groups in total. The molecule has 0 spiro atoms. The lowest BCUT2D eigenvalue weighted by Gasteiger charge is -2.26. The summed E-state index contributed by atoms with van der Waals surface area (Å²) in [4.78, 5) is 33.6. The number of hydrogen-bond donors (Lipinski definition) is 4. The Morgan fingerprint density at radius 3 is 2.70 bits per heavy atom. The summed E-state index contributed by atoms with van der Waals surface area (Å²) in [5.74, 6) is -0.525. The molecule has 0 radical (unpaired) electrons. The molecule has 1 fully saturated rings. The summed E-state index contributed by atoms with van der Waals surface area (Å²) in [5.41, 5.74) is 11.1. The molecule has 8 nitrogen and oxygen atoms in total. The molecule has 2 aliphatic rings. The van der Waals surface area contributed by atoms with Gasteiger partial charge in [-0.3, -0.25) is 9.59 Å². The van der Waals surface area contributed by atoms with E-state index in [-0.39, 0.29) is 11.9 Å². The van der Waals surface area contributed by atoms with Gasteiger partial charge in [0.05, 0.1) is 36.2 Å². The van der Waals surface area contributed by atoms with E-state index in [4.69, 9.17) is 10.5 Å². The van der Waals surface area contributed by atoms with Gasteiger partial charge in [-0.25, -0.2) is 0 Å². The van der Waals surface area contributed by atoms with Gasteiger partial charge in [-0.2, -0.15) is 0 Å². The number of amides is 2. The quantitative estimate of drug-likeness (QED) is 0.391. The number of primary amides is 1. The van der Waals surface area contributed by atoms with Crippen LogP contribution in [0.5, 0.6) is 0 Å². The zero-order valence-electron chi connectivity index (χ0n) is 17.9. The molecule has 2 aromatic heterocycles. The summed E-state index contributed by atoms with van der Waals surface area (Å²) in [7, 11) is 0. The molecule has 0 bridgehead atoms. The number of nitrogens with one attached hydrogen (secondary N) is 3. The van der Waals surface area contributed by atoms with Crippen LogP contribution in [-0.2, 0) is 9.53 Å². The van der Waals surface area contributed by atoms with E-state index in [1.54, 1.807) is 4.90 Å². The van der Waals surface area contributed by atoms with Crippen LogP contribution in [0.1, 0.15) is 27.7 Å². The van der Waals surface area contributed by atoms with Gasteiger partial charge in [-0.15, -0.1) is 0 Å². The van der Waals surface area contributed by atoms with Crippen molar-refractivity contribution >= 4 is 44.9 Å². The third kappa shape index (κ3) is 3.27. The summed E-state index contributed by atoms with van der Waals surface area (Å²) in [6.45, 7) is 2.27. The maximum Gasteiger partial charge on any atom is 0.254 e. The van der Waals surface area contributed by atoms with Gasteiger partial charge < -0.3 is 30.7 Å². The maximum atomic E-state index is 12.9. The van der Waals surface area contributed by atoms with Crippen LogP contribution in [0.4, 0.5) is 5.69 Å². The monoisotopic (exact) mass is 441 g/mol. The van der Waals surface area contributed by atoms with E-state index in [9.17, 15) is 9.59 Å². The molecule has 0 saturated carbocycles. The Labute approximate surface area is 189 Å². The number of aromatic amines is 2. The number of aromatic nitrogens is 2. The average molecular weight is 441 g/mol. The molecule has 4 aromatic rings. The molecule has 2 aromatic carbocycles. The molecule has 1 atom stereocenters. The van der Waals surface area contributed by atoms with Crippen LogP contribution < -0.4 is 11.1 Å². The second-order valence-corrected chi connectivity index (χ2v) is 8.43. The second kappa shape index (κ2) is 7.53. The Bertz CT molecular complexity index is 1440. The first-order chi connectivity index (χ1) is 16.1. The fraction of sp³-hybridized carbons (Fsp3) is 0.200. The van der Waals surface area contributed by atoms with E-state index < -0.39 is 5.91 Å². The van der Waals surface area contributed by atoms with Crippen molar-refractivity contribution in [1.82, 2.24) is 14.9 Å². The molecule has 1 unspecified atom stereocenters. The first kappa shape index (κ1) is 19.6. The lowest BCUT2D eigenvalue weighted by Crippen LogP contribution is -2.40. The lowest BCUT2D eigenvalue weighted by atomic mass is 9.96. The van der Waals surface area contributed by atoms with Gasteiger partial charge >= 0.3 is 0 Å². The molecule has 1 saturated heterocycles. The number of carbonyl (C=O) groups excluding carboxylic acids is 2. The largest absolute Gasteiger partial charge is 0.378 e. The third-order valence-corrected chi connectivity index (χ3v) is 6.45. The highest BCUT2D eigenvalue weighted by Gasteiger charge is 2.28. The van der Waals surface area contributed by atoms with E-state index >= 15 is 0 Å². The average Bonchev–Trinajstić information content (AvgIpc) is 3.46. The molecule has 6 rings (SSSR count). The molecular formula is C25H23N5O3. The summed E-state index contributed by atoms with van der Waals surface area (Å²) in [5, 5.41) is 5.58. The molecule has 0 aliphatic carbocycles. The lowest BCUT2D eigenvalue weighted by molar-refractivity contribution is -0.112. The first-order valence-corrected chi connectivity index (χ1v) is 11.0. The highest BCUT2D eigenvalue weighted by molar-refractivity contribution is 6.23. The summed E-state index contributed by atoms with van der Waals surface area (Å²) in [6, 6.07) is 13.6. The number of benzene rings is 2. The predicted octanol–water partition coefficient (Wildman–Crippen LogP) is 3.16. The SMILES string of the molecule is NC(=O)C1=CC(c2ccc3cc[nH]c3c2)Nc2c1[nH]c1cc(C(=O)N3CCOCC3)ccc21. The van der Waals surface area contributed by atoms with Crippen molar-refractivity contribution in [2.75, 3.05) is 31.6 Å². The van der Waals surface area contributed by atoms with E-state index in [0.29, 0.717) is 43.1 Å². The number of ether oxygens (including phenoxy) is 1. The molecular weight excluding hydrogens is 418 g/mol. The van der Waals surface area contributed by atoms with Crippen LogP contribution in [0.25, 0.3) is 27.4 Å². The zero-order chi connectivity index (χ0) is 22.5. The number of rotatable bonds is 3. The van der Waals surface area contributed by atoms with Crippen LogP contribution >= 0.6 is 0 Å². The van der Waals surface area contributed by atoms with Crippen molar-refractivity contribution < 1.29 is 14.3 Å². The van der Waals surface area contributed by atoms with Crippen molar-refractivity contribution in [1.29, 1.82) is 0 Å². The van der Waals surface area contributed by atoms with Crippen LogP contribution in [0.15, 0.2) is 54.7 Å². The van der Waals surface area contributed by atoms with E-state index in [2.05, 4.69) is 27.4 Å². The Morgan fingerprint density at radius 1 is 1.03 bits per heavy atom. The van der Waals surface area contributed by atoms with Crippen LogP contribution in [0.3, 0.4) is 0 Å². The van der Waals surface area contributed by atoms with Crippen molar-refractivity contribution in [3.63, 3.8) is 0 Å². The van der Waals surface area contributed by atoms with Gasteiger partial charge in [0, 0.05) is 41.3 Å². The molecule has 2 amide bonds.